The van der Waals surface area contributed by atoms with Crippen LogP contribution in [0.2, 0.25) is 0 Å². The first-order valence-electron chi connectivity index (χ1n) is 8.88. The van der Waals surface area contributed by atoms with Crippen LogP contribution in [0.5, 0.6) is 5.75 Å². The third-order valence-corrected chi connectivity index (χ3v) is 4.73. The average Bonchev–Trinajstić information content (AvgIpc) is 2.64. The summed E-state index contributed by atoms with van der Waals surface area (Å²) in [4.78, 5) is 39.4. The van der Waals surface area contributed by atoms with Crippen LogP contribution >= 0.6 is 0 Å². The number of para-hydroxylation sites is 2. The van der Waals surface area contributed by atoms with Crippen molar-refractivity contribution in [3.05, 3.63) is 53.6 Å². The van der Waals surface area contributed by atoms with Crippen LogP contribution in [0.15, 0.2) is 42.5 Å². The quantitative estimate of drug-likeness (QED) is 0.796. The van der Waals surface area contributed by atoms with Crippen LogP contribution in [0, 0.1) is 6.92 Å². The lowest BCUT2D eigenvalue weighted by atomic mass is 9.95. The molecule has 1 aliphatic heterocycles. The van der Waals surface area contributed by atoms with Crippen LogP contribution in [0.25, 0.3) is 0 Å². The standard InChI is InChI=1S/C21H22N2O5/c1-12-9-10-17(24)14(11-12)19(26)28-13(2)18(25)23-16-8-6-5-7-15(16)22-20(27)21(23,3)4/h5-11,13,24H,1-4H3,(H,22,27)/t13-/m0/s1. The molecule has 0 bridgehead atoms. The fraction of sp³-hybridized carbons (Fsp3) is 0.286. The summed E-state index contributed by atoms with van der Waals surface area (Å²) >= 11 is 0. The van der Waals surface area contributed by atoms with Crippen LogP contribution in [0.1, 0.15) is 36.7 Å². The third-order valence-electron chi connectivity index (χ3n) is 4.73. The molecule has 2 N–H and O–H groups in total. The van der Waals surface area contributed by atoms with E-state index in [0.717, 1.165) is 5.56 Å². The summed E-state index contributed by atoms with van der Waals surface area (Å²) < 4.78 is 5.31. The number of nitrogens with one attached hydrogen (secondary N) is 1. The van der Waals surface area contributed by atoms with Gasteiger partial charge in [-0.3, -0.25) is 14.5 Å². The van der Waals surface area contributed by atoms with Crippen molar-refractivity contribution < 1.29 is 24.2 Å². The number of aromatic hydroxyl groups is 1. The molecule has 0 fully saturated rings. The molecule has 3 rings (SSSR count). The number of phenolic OH excluding ortho intramolecular Hbond substituents is 1. The number of benzene rings is 2. The molecule has 0 unspecified atom stereocenters. The molecule has 0 saturated heterocycles. The Bertz CT molecular complexity index is 967. The van der Waals surface area contributed by atoms with E-state index in [9.17, 15) is 19.5 Å². The zero-order chi connectivity index (χ0) is 20.6. The number of carbonyl (C=O) groups is 3. The number of anilines is 2. The van der Waals surface area contributed by atoms with Gasteiger partial charge in [-0.1, -0.05) is 23.8 Å². The molecule has 1 heterocycles. The number of hydrogen-bond donors (Lipinski definition) is 2. The maximum atomic E-state index is 13.1. The smallest absolute Gasteiger partial charge is 0.342 e. The summed E-state index contributed by atoms with van der Waals surface area (Å²) in [7, 11) is 0. The van der Waals surface area contributed by atoms with Crippen molar-refractivity contribution in [1.82, 2.24) is 0 Å². The molecule has 7 nitrogen and oxygen atoms in total. The largest absolute Gasteiger partial charge is 0.507 e. The fourth-order valence-corrected chi connectivity index (χ4v) is 3.12. The molecule has 0 spiro atoms. The van der Waals surface area contributed by atoms with Crippen molar-refractivity contribution in [1.29, 1.82) is 0 Å². The van der Waals surface area contributed by atoms with E-state index in [2.05, 4.69) is 5.32 Å². The number of esters is 1. The first-order valence-corrected chi connectivity index (χ1v) is 8.88. The van der Waals surface area contributed by atoms with Gasteiger partial charge < -0.3 is 15.2 Å². The van der Waals surface area contributed by atoms with Crippen molar-refractivity contribution in [3.63, 3.8) is 0 Å². The second kappa shape index (κ2) is 6.99. The van der Waals surface area contributed by atoms with E-state index < -0.39 is 23.5 Å². The predicted molar refractivity (Wildman–Crippen MR) is 104 cm³/mol. The lowest BCUT2D eigenvalue weighted by Gasteiger charge is -2.42. The molecule has 28 heavy (non-hydrogen) atoms. The van der Waals surface area contributed by atoms with Crippen LogP contribution in [-0.2, 0) is 14.3 Å². The Morgan fingerprint density at radius 2 is 1.86 bits per heavy atom. The SMILES string of the molecule is Cc1ccc(O)c(C(=O)O[C@@H](C)C(=O)N2c3ccccc3NC(=O)C2(C)C)c1. The number of aryl methyl sites for hydroxylation is 1. The Balaban J connectivity index is 1.89. The maximum absolute atomic E-state index is 13.1. The van der Waals surface area contributed by atoms with E-state index in [1.165, 1.54) is 24.0 Å². The maximum Gasteiger partial charge on any atom is 0.342 e. The normalized spacial score (nSPS) is 16.0. The summed E-state index contributed by atoms with van der Waals surface area (Å²) in [6, 6.07) is 11.5. The summed E-state index contributed by atoms with van der Waals surface area (Å²) in [5.74, 6) is -1.91. The summed E-state index contributed by atoms with van der Waals surface area (Å²) in [6.45, 7) is 6.46. The van der Waals surface area contributed by atoms with Gasteiger partial charge in [0.05, 0.1) is 11.4 Å². The van der Waals surface area contributed by atoms with Crippen LogP contribution in [0.3, 0.4) is 0 Å². The van der Waals surface area contributed by atoms with Gasteiger partial charge in [0, 0.05) is 0 Å². The molecule has 2 aromatic rings. The minimum Gasteiger partial charge on any atom is -0.507 e. The van der Waals surface area contributed by atoms with Gasteiger partial charge in [0.2, 0.25) is 5.91 Å². The molecule has 2 amide bonds. The molecule has 0 aromatic heterocycles. The summed E-state index contributed by atoms with van der Waals surface area (Å²) in [5.41, 5.74) is 0.619. The molecule has 0 saturated carbocycles. The molecule has 2 aromatic carbocycles. The molecular formula is C21H22N2O5. The highest BCUT2D eigenvalue weighted by Crippen LogP contribution is 2.37. The van der Waals surface area contributed by atoms with Crippen molar-refractivity contribution >= 4 is 29.2 Å². The summed E-state index contributed by atoms with van der Waals surface area (Å²) in [5, 5.41) is 12.7. The molecule has 0 radical (unpaired) electrons. The van der Waals surface area contributed by atoms with Crippen LogP contribution in [0.4, 0.5) is 11.4 Å². The lowest BCUT2D eigenvalue weighted by molar-refractivity contribution is -0.131. The third kappa shape index (κ3) is 3.31. The first-order chi connectivity index (χ1) is 13.1. The minimum atomic E-state index is -1.17. The average molecular weight is 382 g/mol. The van der Waals surface area contributed by atoms with Gasteiger partial charge in [-0.15, -0.1) is 0 Å². The number of phenols is 1. The Kier molecular flexibility index (Phi) is 4.85. The fourth-order valence-electron chi connectivity index (χ4n) is 3.12. The van der Waals surface area contributed by atoms with Gasteiger partial charge in [0.15, 0.2) is 6.10 Å². The Hall–Kier alpha value is -3.35. The van der Waals surface area contributed by atoms with E-state index in [1.807, 2.05) is 0 Å². The predicted octanol–water partition coefficient (Wildman–Crippen LogP) is 3.01. The Morgan fingerprint density at radius 1 is 1.18 bits per heavy atom. The van der Waals surface area contributed by atoms with Gasteiger partial charge in [-0.25, -0.2) is 4.79 Å². The van der Waals surface area contributed by atoms with Crippen molar-refractivity contribution in [2.45, 2.75) is 39.3 Å². The number of ether oxygens (including phenoxy) is 1. The molecule has 146 valence electrons. The second-order valence-corrected chi connectivity index (χ2v) is 7.27. The van der Waals surface area contributed by atoms with Crippen molar-refractivity contribution in [2.75, 3.05) is 10.2 Å². The van der Waals surface area contributed by atoms with Gasteiger partial charge in [0.25, 0.3) is 5.91 Å². The number of fused-ring (bicyclic) bond motifs is 1. The molecule has 0 aliphatic carbocycles. The van der Waals surface area contributed by atoms with Crippen molar-refractivity contribution in [3.8, 4) is 5.75 Å². The Morgan fingerprint density at radius 3 is 2.57 bits per heavy atom. The first kappa shape index (κ1) is 19.4. The second-order valence-electron chi connectivity index (χ2n) is 7.27. The highest BCUT2D eigenvalue weighted by molar-refractivity contribution is 6.15. The molecule has 1 atom stereocenters. The minimum absolute atomic E-state index is 0.0179. The highest BCUT2D eigenvalue weighted by atomic mass is 16.5. The van der Waals surface area contributed by atoms with Gasteiger partial charge in [-0.05, 0) is 52.0 Å². The van der Waals surface area contributed by atoms with E-state index in [0.29, 0.717) is 11.4 Å². The van der Waals surface area contributed by atoms with Gasteiger partial charge >= 0.3 is 5.97 Å². The van der Waals surface area contributed by atoms with E-state index in [-0.39, 0.29) is 17.2 Å². The van der Waals surface area contributed by atoms with Gasteiger partial charge in [-0.2, -0.15) is 0 Å². The molecular weight excluding hydrogens is 360 g/mol. The number of hydrogen-bond acceptors (Lipinski definition) is 5. The van der Waals surface area contributed by atoms with E-state index in [1.54, 1.807) is 51.1 Å². The zero-order valence-electron chi connectivity index (χ0n) is 16.1. The summed E-state index contributed by atoms with van der Waals surface area (Å²) in [6.07, 6.45) is -1.16. The number of rotatable bonds is 3. The highest BCUT2D eigenvalue weighted by Gasteiger charge is 2.45. The molecule has 1 aliphatic rings. The Labute approximate surface area is 162 Å². The van der Waals surface area contributed by atoms with E-state index >= 15 is 0 Å². The molecule has 7 heteroatoms. The van der Waals surface area contributed by atoms with Crippen LogP contribution in [-0.4, -0.2) is 34.5 Å². The topological polar surface area (TPSA) is 95.9 Å². The van der Waals surface area contributed by atoms with Crippen LogP contribution < -0.4 is 10.2 Å². The lowest BCUT2D eigenvalue weighted by Crippen LogP contribution is -2.60. The van der Waals surface area contributed by atoms with E-state index in [4.69, 9.17) is 4.74 Å². The van der Waals surface area contributed by atoms with Gasteiger partial charge in [0.1, 0.15) is 16.9 Å². The zero-order valence-corrected chi connectivity index (χ0v) is 16.1. The number of amides is 2. The number of nitrogens with zero attached hydrogens (tertiary/aromatic N) is 1. The van der Waals surface area contributed by atoms with Crippen molar-refractivity contribution in [2.24, 2.45) is 0 Å². The number of carbonyl (C=O) groups excluding carboxylic acids is 3. The monoisotopic (exact) mass is 382 g/mol.